The van der Waals surface area contributed by atoms with Gasteiger partial charge in [-0.25, -0.2) is 13.8 Å². The number of ketones is 1. The molecule has 0 radical (unpaired) electrons. The number of benzene rings is 3. The van der Waals surface area contributed by atoms with Crippen LogP contribution in [-0.4, -0.2) is 26.6 Å². The van der Waals surface area contributed by atoms with E-state index in [1.54, 1.807) is 42.9 Å². The molecule has 35 heavy (non-hydrogen) atoms. The van der Waals surface area contributed by atoms with E-state index in [2.05, 4.69) is 20.3 Å². The molecule has 1 N–H and O–H groups in total. The maximum Gasteiger partial charge on any atom is 0.255 e. The van der Waals surface area contributed by atoms with Gasteiger partial charge in [-0.15, -0.1) is 0 Å². The van der Waals surface area contributed by atoms with Crippen LogP contribution in [0.5, 0.6) is 0 Å². The molecule has 3 aromatic carbocycles. The first-order chi connectivity index (χ1) is 17.0. The van der Waals surface area contributed by atoms with E-state index in [1.807, 2.05) is 6.07 Å². The summed E-state index contributed by atoms with van der Waals surface area (Å²) < 4.78 is 28.2. The SMILES string of the molecule is O=C(Nc1ccc(C(=O)c2ccc3ncc(-c4cccnc4)nc3c2)c(F)c1)c1cccc(F)c1. The van der Waals surface area contributed by atoms with Gasteiger partial charge in [0, 0.05) is 34.8 Å². The molecule has 1 amide bonds. The first-order valence-electron chi connectivity index (χ1n) is 10.6. The Bertz CT molecular complexity index is 1590. The number of hydrogen-bond acceptors (Lipinski definition) is 5. The Hall–Kier alpha value is -4.85. The quantitative estimate of drug-likeness (QED) is 0.348. The summed E-state index contributed by atoms with van der Waals surface area (Å²) in [6.45, 7) is 0. The van der Waals surface area contributed by atoms with Crippen molar-refractivity contribution in [3.8, 4) is 11.3 Å². The third-order valence-corrected chi connectivity index (χ3v) is 5.32. The van der Waals surface area contributed by atoms with Gasteiger partial charge in [0.25, 0.3) is 5.91 Å². The molecule has 8 heteroatoms. The number of aromatic nitrogens is 3. The van der Waals surface area contributed by atoms with Gasteiger partial charge in [0.15, 0.2) is 5.78 Å². The fraction of sp³-hybridized carbons (Fsp3) is 0. The van der Waals surface area contributed by atoms with Crippen molar-refractivity contribution in [2.24, 2.45) is 0 Å². The molecule has 0 spiro atoms. The van der Waals surface area contributed by atoms with Crippen LogP contribution in [0.25, 0.3) is 22.3 Å². The molecule has 0 saturated carbocycles. The zero-order valence-corrected chi connectivity index (χ0v) is 18.1. The number of nitrogens with zero attached hydrogens (tertiary/aromatic N) is 3. The van der Waals surface area contributed by atoms with Crippen molar-refractivity contribution >= 4 is 28.4 Å². The lowest BCUT2D eigenvalue weighted by Crippen LogP contribution is -2.13. The zero-order chi connectivity index (χ0) is 24.4. The monoisotopic (exact) mass is 466 g/mol. The summed E-state index contributed by atoms with van der Waals surface area (Å²) in [5, 5.41) is 2.50. The topological polar surface area (TPSA) is 84.8 Å². The summed E-state index contributed by atoms with van der Waals surface area (Å²) in [5.41, 5.74) is 2.75. The van der Waals surface area contributed by atoms with E-state index in [0.29, 0.717) is 16.7 Å². The van der Waals surface area contributed by atoms with Gasteiger partial charge >= 0.3 is 0 Å². The normalized spacial score (nSPS) is 10.8. The summed E-state index contributed by atoms with van der Waals surface area (Å²) in [6.07, 6.45) is 4.94. The molecule has 0 aliphatic rings. The maximum absolute atomic E-state index is 14.8. The van der Waals surface area contributed by atoms with Crippen LogP contribution in [0.2, 0.25) is 0 Å². The summed E-state index contributed by atoms with van der Waals surface area (Å²) in [6, 6.07) is 17.3. The molecule has 5 rings (SSSR count). The van der Waals surface area contributed by atoms with E-state index in [-0.39, 0.29) is 22.4 Å². The molecule has 6 nitrogen and oxygen atoms in total. The molecular weight excluding hydrogens is 450 g/mol. The van der Waals surface area contributed by atoms with Crippen molar-refractivity contribution in [3.05, 3.63) is 120 Å². The van der Waals surface area contributed by atoms with Crippen molar-refractivity contribution in [2.75, 3.05) is 5.32 Å². The number of pyridine rings is 1. The average Bonchev–Trinajstić information content (AvgIpc) is 2.88. The van der Waals surface area contributed by atoms with Crippen LogP contribution in [0.1, 0.15) is 26.3 Å². The molecule has 0 aliphatic carbocycles. The summed E-state index contributed by atoms with van der Waals surface area (Å²) in [7, 11) is 0. The fourth-order valence-electron chi connectivity index (χ4n) is 3.57. The molecule has 5 aromatic rings. The molecule has 0 aliphatic heterocycles. The van der Waals surface area contributed by atoms with Crippen LogP contribution in [0.15, 0.2) is 91.4 Å². The summed E-state index contributed by atoms with van der Waals surface area (Å²) in [4.78, 5) is 38.3. The van der Waals surface area contributed by atoms with Crippen molar-refractivity contribution in [1.82, 2.24) is 15.0 Å². The Labute approximate surface area is 198 Å². The standard InChI is InChI=1S/C27H16F2N4O2/c28-19-5-1-3-17(11-19)27(35)32-20-7-8-21(22(29)13-20)26(34)16-6-9-23-24(12-16)33-25(15-31-23)18-4-2-10-30-14-18/h1-15H,(H,32,35). The van der Waals surface area contributed by atoms with Gasteiger partial charge < -0.3 is 5.32 Å². The largest absolute Gasteiger partial charge is 0.322 e. The lowest BCUT2D eigenvalue weighted by atomic mass is 10.0. The Morgan fingerprint density at radius 2 is 1.69 bits per heavy atom. The van der Waals surface area contributed by atoms with E-state index < -0.39 is 23.3 Å². The molecule has 0 saturated heterocycles. The Morgan fingerprint density at radius 1 is 0.800 bits per heavy atom. The Kier molecular flexibility index (Phi) is 5.76. The zero-order valence-electron chi connectivity index (χ0n) is 18.1. The van der Waals surface area contributed by atoms with Crippen molar-refractivity contribution in [2.45, 2.75) is 0 Å². The molecule has 170 valence electrons. The van der Waals surface area contributed by atoms with Crippen molar-refractivity contribution in [3.63, 3.8) is 0 Å². The van der Waals surface area contributed by atoms with Gasteiger partial charge in [0.05, 0.1) is 28.5 Å². The van der Waals surface area contributed by atoms with Crippen LogP contribution >= 0.6 is 0 Å². The molecule has 0 fully saturated rings. The Balaban J connectivity index is 1.40. The lowest BCUT2D eigenvalue weighted by molar-refractivity contribution is 0.102. The molecule has 0 bridgehead atoms. The predicted octanol–water partition coefficient (Wildman–Crippen LogP) is 5.45. The second-order valence-corrected chi connectivity index (χ2v) is 7.69. The highest BCUT2D eigenvalue weighted by molar-refractivity contribution is 6.11. The second-order valence-electron chi connectivity index (χ2n) is 7.69. The third kappa shape index (κ3) is 4.63. The minimum Gasteiger partial charge on any atom is -0.322 e. The number of nitrogens with one attached hydrogen (secondary N) is 1. The summed E-state index contributed by atoms with van der Waals surface area (Å²) >= 11 is 0. The van der Waals surface area contributed by atoms with Crippen LogP contribution < -0.4 is 5.32 Å². The van der Waals surface area contributed by atoms with Crippen LogP contribution in [0, 0.1) is 11.6 Å². The molecule has 2 aromatic heterocycles. The minimum atomic E-state index is -0.803. The van der Waals surface area contributed by atoms with Gasteiger partial charge in [0.1, 0.15) is 11.6 Å². The number of halogens is 2. The highest BCUT2D eigenvalue weighted by Crippen LogP contribution is 2.23. The first-order valence-corrected chi connectivity index (χ1v) is 10.6. The van der Waals surface area contributed by atoms with E-state index in [9.17, 15) is 18.4 Å². The van der Waals surface area contributed by atoms with E-state index >= 15 is 0 Å². The summed E-state index contributed by atoms with van der Waals surface area (Å²) in [5.74, 6) is -2.50. The van der Waals surface area contributed by atoms with E-state index in [1.165, 1.54) is 30.3 Å². The number of carbonyl (C=O) groups excluding carboxylic acids is 2. The third-order valence-electron chi connectivity index (χ3n) is 5.32. The second kappa shape index (κ2) is 9.18. The molecule has 0 unspecified atom stereocenters. The van der Waals surface area contributed by atoms with E-state index in [0.717, 1.165) is 17.7 Å². The minimum absolute atomic E-state index is 0.0912. The highest BCUT2D eigenvalue weighted by atomic mass is 19.1. The maximum atomic E-state index is 14.8. The molecular formula is C27H16F2N4O2. The van der Waals surface area contributed by atoms with Gasteiger partial charge in [0.2, 0.25) is 0 Å². The number of amides is 1. The molecule has 2 heterocycles. The van der Waals surface area contributed by atoms with Gasteiger partial charge in [-0.1, -0.05) is 6.07 Å². The van der Waals surface area contributed by atoms with Crippen LogP contribution in [0.3, 0.4) is 0 Å². The van der Waals surface area contributed by atoms with Crippen molar-refractivity contribution in [1.29, 1.82) is 0 Å². The number of carbonyl (C=O) groups is 2. The van der Waals surface area contributed by atoms with Gasteiger partial charge in [-0.05, 0) is 66.7 Å². The predicted molar refractivity (Wildman–Crippen MR) is 127 cm³/mol. The van der Waals surface area contributed by atoms with Gasteiger partial charge in [-0.3, -0.25) is 19.6 Å². The first kappa shape index (κ1) is 22.0. The number of fused-ring (bicyclic) bond motifs is 1. The van der Waals surface area contributed by atoms with Crippen molar-refractivity contribution < 1.29 is 18.4 Å². The van der Waals surface area contributed by atoms with Crippen LogP contribution in [0.4, 0.5) is 14.5 Å². The Morgan fingerprint density at radius 3 is 2.46 bits per heavy atom. The van der Waals surface area contributed by atoms with Gasteiger partial charge in [-0.2, -0.15) is 0 Å². The average molecular weight is 466 g/mol. The number of hydrogen-bond donors (Lipinski definition) is 1. The fourth-order valence-corrected chi connectivity index (χ4v) is 3.57. The van der Waals surface area contributed by atoms with E-state index in [4.69, 9.17) is 0 Å². The lowest BCUT2D eigenvalue weighted by Gasteiger charge is -2.09. The highest BCUT2D eigenvalue weighted by Gasteiger charge is 2.17. The van der Waals surface area contributed by atoms with Crippen LogP contribution in [-0.2, 0) is 0 Å². The smallest absolute Gasteiger partial charge is 0.255 e. The molecule has 0 atom stereocenters. The number of rotatable bonds is 5. The number of anilines is 1.